The third-order valence-corrected chi connectivity index (χ3v) is 2.49. The van der Waals surface area contributed by atoms with Crippen molar-refractivity contribution in [1.82, 2.24) is 0 Å². The van der Waals surface area contributed by atoms with Crippen molar-refractivity contribution in [2.75, 3.05) is 0 Å². The first-order chi connectivity index (χ1) is 7.65. The van der Waals surface area contributed by atoms with E-state index in [0.29, 0.717) is 21.5 Å². The van der Waals surface area contributed by atoms with Crippen molar-refractivity contribution in [3.05, 3.63) is 52.5 Å². The van der Waals surface area contributed by atoms with Crippen molar-refractivity contribution >= 4 is 52.8 Å². The third-order valence-electron chi connectivity index (χ3n) is 1.96. The first-order valence-electron chi connectivity index (χ1n) is 4.57. The number of halogens is 2. The van der Waals surface area contributed by atoms with E-state index in [-0.39, 0.29) is 35.3 Å². The normalized spacial score (nSPS) is 9.53. The summed E-state index contributed by atoms with van der Waals surface area (Å²) in [7, 11) is 0. The quantitative estimate of drug-likeness (QED) is 0.846. The molecule has 0 aromatic heterocycles. The zero-order chi connectivity index (χ0) is 11.5. The second kappa shape index (κ2) is 6.53. The minimum absolute atomic E-state index is 0. The van der Waals surface area contributed by atoms with Crippen LogP contribution in [0.1, 0.15) is 0 Å². The fraction of sp³-hybridized carbons (Fsp3) is 0. The molecule has 2 nitrogen and oxygen atoms in total. The molecule has 2 aromatic carbocycles. The van der Waals surface area contributed by atoms with E-state index in [9.17, 15) is 0 Å². The van der Waals surface area contributed by atoms with Crippen LogP contribution in [-0.2, 0) is 0 Å². The summed E-state index contributed by atoms with van der Waals surface area (Å²) < 4.78 is 5.52. The topological polar surface area (TPSA) is 29.5 Å². The van der Waals surface area contributed by atoms with Crippen molar-refractivity contribution in [1.29, 1.82) is 0 Å². The van der Waals surface area contributed by atoms with Gasteiger partial charge >= 0.3 is 29.6 Å². The molecule has 0 bridgehead atoms. The molecule has 0 radical (unpaired) electrons. The van der Waals surface area contributed by atoms with E-state index in [1.807, 2.05) is 0 Å². The van der Waals surface area contributed by atoms with Crippen LogP contribution in [0.25, 0.3) is 0 Å². The van der Waals surface area contributed by atoms with Crippen molar-refractivity contribution in [3.8, 4) is 17.2 Å². The Morgan fingerprint density at radius 1 is 0.941 bits per heavy atom. The molecule has 0 amide bonds. The molecule has 0 fully saturated rings. The van der Waals surface area contributed by atoms with Gasteiger partial charge in [-0.2, -0.15) is 0 Å². The van der Waals surface area contributed by atoms with Crippen LogP contribution in [0.5, 0.6) is 17.2 Å². The second-order valence-corrected chi connectivity index (χ2v) is 4.01. The van der Waals surface area contributed by atoms with E-state index in [0.717, 1.165) is 0 Å². The molecule has 0 heterocycles. The van der Waals surface area contributed by atoms with Crippen LogP contribution >= 0.6 is 23.2 Å². The van der Waals surface area contributed by atoms with Gasteiger partial charge in [0.15, 0.2) is 0 Å². The van der Waals surface area contributed by atoms with Crippen molar-refractivity contribution in [2.24, 2.45) is 0 Å². The van der Waals surface area contributed by atoms with Gasteiger partial charge in [-0.25, -0.2) is 0 Å². The van der Waals surface area contributed by atoms with Crippen LogP contribution < -0.4 is 4.74 Å². The SMILES string of the molecule is Oc1ccc(Oc2ccc(Cl)cc2Cl)cc1.[NaH]. The van der Waals surface area contributed by atoms with E-state index >= 15 is 0 Å². The maximum absolute atomic E-state index is 9.11. The number of hydrogen-bond acceptors (Lipinski definition) is 2. The fourth-order valence-electron chi connectivity index (χ4n) is 1.20. The Hall–Kier alpha value is -0.380. The number of rotatable bonds is 2. The average molecular weight is 279 g/mol. The van der Waals surface area contributed by atoms with Gasteiger partial charge in [-0.05, 0) is 42.5 Å². The Bertz CT molecular complexity index is 500. The molecule has 0 aliphatic rings. The molecular formula is C12H9Cl2NaO2. The van der Waals surface area contributed by atoms with E-state index in [1.54, 1.807) is 42.5 Å². The fourth-order valence-corrected chi connectivity index (χ4v) is 1.65. The van der Waals surface area contributed by atoms with Crippen molar-refractivity contribution in [3.63, 3.8) is 0 Å². The maximum atomic E-state index is 9.11. The molecule has 84 valence electrons. The first kappa shape index (κ1) is 14.7. The zero-order valence-electron chi connectivity index (χ0n) is 8.15. The minimum atomic E-state index is 0. The first-order valence-corrected chi connectivity index (χ1v) is 5.33. The molecule has 1 N–H and O–H groups in total. The summed E-state index contributed by atoms with van der Waals surface area (Å²) in [5, 5.41) is 10.1. The average Bonchev–Trinajstić information content (AvgIpc) is 2.25. The predicted octanol–water partition coefficient (Wildman–Crippen LogP) is 3.84. The molecule has 0 unspecified atom stereocenters. The molecule has 0 saturated heterocycles. The van der Waals surface area contributed by atoms with Crippen molar-refractivity contribution < 1.29 is 9.84 Å². The summed E-state index contributed by atoms with van der Waals surface area (Å²) in [6, 6.07) is 11.4. The molecule has 5 heteroatoms. The van der Waals surface area contributed by atoms with E-state index in [1.165, 1.54) is 0 Å². The van der Waals surface area contributed by atoms with Crippen LogP contribution in [0.3, 0.4) is 0 Å². The standard InChI is InChI=1S/C12H8Cl2O2.Na.H/c13-8-1-6-12(11(14)7-8)16-10-4-2-9(15)3-5-10;;/h1-7,15H;;. The van der Waals surface area contributed by atoms with Crippen LogP contribution in [0.15, 0.2) is 42.5 Å². The Morgan fingerprint density at radius 2 is 1.59 bits per heavy atom. The summed E-state index contributed by atoms with van der Waals surface area (Å²) in [4.78, 5) is 0. The summed E-state index contributed by atoms with van der Waals surface area (Å²) in [6.07, 6.45) is 0. The molecule has 0 atom stereocenters. The molecule has 0 spiro atoms. The number of benzene rings is 2. The summed E-state index contributed by atoms with van der Waals surface area (Å²) >= 11 is 11.7. The van der Waals surface area contributed by atoms with Gasteiger partial charge in [0.25, 0.3) is 0 Å². The number of aromatic hydroxyl groups is 1. The summed E-state index contributed by atoms with van der Waals surface area (Å²) in [5.41, 5.74) is 0. The number of phenolic OH excluding ortho intramolecular Hbond substituents is 1. The Morgan fingerprint density at radius 3 is 2.18 bits per heavy atom. The van der Waals surface area contributed by atoms with Gasteiger partial charge in [-0.1, -0.05) is 23.2 Å². The zero-order valence-corrected chi connectivity index (χ0v) is 9.66. The number of phenols is 1. The predicted molar refractivity (Wildman–Crippen MR) is 71.8 cm³/mol. The molecule has 2 aromatic rings. The van der Waals surface area contributed by atoms with Crippen LogP contribution in [-0.4, -0.2) is 34.7 Å². The monoisotopic (exact) mass is 278 g/mol. The summed E-state index contributed by atoms with van der Waals surface area (Å²) in [5.74, 6) is 1.31. The summed E-state index contributed by atoms with van der Waals surface area (Å²) in [6.45, 7) is 0. The Kier molecular flexibility index (Phi) is 5.63. The van der Waals surface area contributed by atoms with Crippen LogP contribution in [0.2, 0.25) is 10.0 Å². The molecule has 2 rings (SSSR count). The Labute approximate surface area is 131 Å². The van der Waals surface area contributed by atoms with Gasteiger partial charge in [-0.3, -0.25) is 0 Å². The number of hydrogen-bond donors (Lipinski definition) is 1. The molecule has 17 heavy (non-hydrogen) atoms. The molecular weight excluding hydrogens is 270 g/mol. The Balaban J connectivity index is 0.00000144. The molecule has 0 aliphatic heterocycles. The van der Waals surface area contributed by atoms with Gasteiger partial charge in [0.1, 0.15) is 17.2 Å². The van der Waals surface area contributed by atoms with Crippen molar-refractivity contribution in [2.45, 2.75) is 0 Å². The molecule has 0 aliphatic carbocycles. The van der Waals surface area contributed by atoms with E-state index < -0.39 is 0 Å². The van der Waals surface area contributed by atoms with E-state index in [4.69, 9.17) is 33.0 Å². The van der Waals surface area contributed by atoms with Gasteiger partial charge in [0, 0.05) is 5.02 Å². The number of ether oxygens (including phenoxy) is 1. The van der Waals surface area contributed by atoms with Crippen LogP contribution in [0, 0.1) is 0 Å². The van der Waals surface area contributed by atoms with Gasteiger partial charge in [0.2, 0.25) is 0 Å². The van der Waals surface area contributed by atoms with E-state index in [2.05, 4.69) is 0 Å². The third kappa shape index (κ3) is 4.09. The van der Waals surface area contributed by atoms with Gasteiger partial charge < -0.3 is 9.84 Å². The van der Waals surface area contributed by atoms with Gasteiger partial charge in [-0.15, -0.1) is 0 Å². The molecule has 0 saturated carbocycles. The second-order valence-electron chi connectivity index (χ2n) is 3.17. The van der Waals surface area contributed by atoms with Gasteiger partial charge in [0.05, 0.1) is 5.02 Å². The van der Waals surface area contributed by atoms with Crippen LogP contribution in [0.4, 0.5) is 0 Å².